The van der Waals surface area contributed by atoms with Crippen molar-refractivity contribution in [2.45, 2.75) is 32.1 Å². The van der Waals surface area contributed by atoms with E-state index in [1.165, 1.54) is 25.7 Å². The van der Waals surface area contributed by atoms with Gasteiger partial charge in [0.05, 0.1) is 6.61 Å². The average Bonchev–Trinajstić information content (AvgIpc) is 2.10. The van der Waals surface area contributed by atoms with Gasteiger partial charge in [0.15, 0.2) is 0 Å². The third kappa shape index (κ3) is 9.44. The molecule has 0 radical (unpaired) electrons. The van der Waals surface area contributed by atoms with Gasteiger partial charge in [0.25, 0.3) is 0 Å². The summed E-state index contributed by atoms with van der Waals surface area (Å²) in [7, 11) is 0. The van der Waals surface area contributed by atoms with Gasteiger partial charge in [-0.2, -0.15) is 0 Å². The minimum Gasteiger partial charge on any atom is -0.377 e. The van der Waals surface area contributed by atoms with Crippen LogP contribution in [-0.2, 0) is 4.74 Å². The van der Waals surface area contributed by atoms with Crippen molar-refractivity contribution < 1.29 is 4.74 Å². The van der Waals surface area contributed by atoms with E-state index in [0.29, 0.717) is 6.61 Å². The maximum absolute atomic E-state index is 5.25. The van der Waals surface area contributed by atoms with Crippen LogP contribution in [0.4, 0.5) is 0 Å². The molecule has 0 rings (SSSR count). The summed E-state index contributed by atoms with van der Waals surface area (Å²) in [6.45, 7) is 8.83. The summed E-state index contributed by atoms with van der Waals surface area (Å²) in [5.41, 5.74) is 0. The summed E-state index contributed by atoms with van der Waals surface area (Å²) in [5.74, 6) is 0. The van der Waals surface area contributed by atoms with Crippen molar-refractivity contribution in [1.82, 2.24) is 0 Å². The first-order valence-electron chi connectivity index (χ1n) is 4.71. The summed E-state index contributed by atoms with van der Waals surface area (Å²) in [5, 5.41) is 0. The van der Waals surface area contributed by atoms with Crippen molar-refractivity contribution in [3.63, 3.8) is 0 Å². The van der Waals surface area contributed by atoms with E-state index in [1.807, 2.05) is 6.08 Å². The van der Waals surface area contributed by atoms with Gasteiger partial charge in [0.2, 0.25) is 0 Å². The second kappa shape index (κ2) is 10.4. The molecule has 0 aromatic rings. The van der Waals surface area contributed by atoms with Gasteiger partial charge >= 0.3 is 0 Å². The minimum atomic E-state index is 0.687. The second-order valence-corrected chi connectivity index (χ2v) is 2.86. The molecule has 12 heavy (non-hydrogen) atoms. The predicted molar refractivity (Wildman–Crippen MR) is 54.3 cm³/mol. The Kier molecular flexibility index (Phi) is 9.95. The number of hydrogen-bond acceptors (Lipinski definition) is 1. The highest BCUT2D eigenvalue weighted by Gasteiger charge is 1.88. The van der Waals surface area contributed by atoms with Crippen LogP contribution in [0, 0.1) is 0 Å². The molecule has 1 heteroatoms. The Morgan fingerprint density at radius 3 is 2.33 bits per heavy atom. The third-order valence-corrected chi connectivity index (χ3v) is 1.68. The lowest BCUT2D eigenvalue weighted by Gasteiger charge is -2.00. The van der Waals surface area contributed by atoms with Crippen LogP contribution in [0.5, 0.6) is 0 Å². The van der Waals surface area contributed by atoms with Gasteiger partial charge in [-0.25, -0.2) is 0 Å². The quantitative estimate of drug-likeness (QED) is 0.379. The Hall–Kier alpha value is -0.560. The number of hydrogen-bond donors (Lipinski definition) is 0. The van der Waals surface area contributed by atoms with Crippen LogP contribution >= 0.6 is 0 Å². The van der Waals surface area contributed by atoms with Gasteiger partial charge in [0, 0.05) is 6.61 Å². The fourth-order valence-electron chi connectivity index (χ4n) is 1.01. The van der Waals surface area contributed by atoms with E-state index in [9.17, 15) is 0 Å². The smallest absolute Gasteiger partial charge is 0.0644 e. The number of unbranched alkanes of at least 4 members (excludes halogenated alkanes) is 4. The first kappa shape index (κ1) is 11.4. The SMILES string of the molecule is C=CCCCCCCOCC=C. The fraction of sp³-hybridized carbons (Fsp3) is 0.636. The Bertz CT molecular complexity index is 93.6. The highest BCUT2D eigenvalue weighted by atomic mass is 16.5. The maximum atomic E-state index is 5.25. The van der Waals surface area contributed by atoms with E-state index in [1.54, 1.807) is 6.08 Å². The van der Waals surface area contributed by atoms with Crippen LogP contribution in [0.3, 0.4) is 0 Å². The molecule has 0 fully saturated rings. The predicted octanol–water partition coefficient (Wildman–Crippen LogP) is 3.33. The zero-order valence-electron chi connectivity index (χ0n) is 7.93. The van der Waals surface area contributed by atoms with Gasteiger partial charge in [0.1, 0.15) is 0 Å². The van der Waals surface area contributed by atoms with Crippen LogP contribution in [0.1, 0.15) is 32.1 Å². The molecular weight excluding hydrogens is 148 g/mol. The topological polar surface area (TPSA) is 9.23 Å². The monoisotopic (exact) mass is 168 g/mol. The Labute approximate surface area is 76.1 Å². The van der Waals surface area contributed by atoms with Crippen LogP contribution in [-0.4, -0.2) is 13.2 Å². The summed E-state index contributed by atoms with van der Waals surface area (Å²) < 4.78 is 5.25. The number of ether oxygens (including phenoxy) is 1. The summed E-state index contributed by atoms with van der Waals surface area (Å²) in [4.78, 5) is 0. The Morgan fingerprint density at radius 2 is 1.67 bits per heavy atom. The Morgan fingerprint density at radius 1 is 0.917 bits per heavy atom. The van der Waals surface area contributed by atoms with Crippen LogP contribution < -0.4 is 0 Å². The van der Waals surface area contributed by atoms with Gasteiger partial charge in [-0.3, -0.25) is 0 Å². The molecule has 0 aliphatic rings. The number of allylic oxidation sites excluding steroid dienone is 1. The largest absolute Gasteiger partial charge is 0.377 e. The second-order valence-electron chi connectivity index (χ2n) is 2.86. The molecule has 0 aromatic carbocycles. The molecule has 0 aliphatic carbocycles. The van der Waals surface area contributed by atoms with E-state index >= 15 is 0 Å². The lowest BCUT2D eigenvalue weighted by molar-refractivity contribution is 0.157. The molecular formula is C11H20O. The van der Waals surface area contributed by atoms with Crippen molar-refractivity contribution in [3.05, 3.63) is 25.3 Å². The molecule has 0 bridgehead atoms. The van der Waals surface area contributed by atoms with Crippen molar-refractivity contribution in [1.29, 1.82) is 0 Å². The van der Waals surface area contributed by atoms with E-state index in [0.717, 1.165) is 13.0 Å². The lowest BCUT2D eigenvalue weighted by atomic mass is 10.1. The van der Waals surface area contributed by atoms with Crippen molar-refractivity contribution >= 4 is 0 Å². The molecule has 0 spiro atoms. The van der Waals surface area contributed by atoms with E-state index < -0.39 is 0 Å². The van der Waals surface area contributed by atoms with Crippen LogP contribution in [0.25, 0.3) is 0 Å². The highest BCUT2D eigenvalue weighted by Crippen LogP contribution is 2.03. The van der Waals surface area contributed by atoms with E-state index in [2.05, 4.69) is 13.2 Å². The van der Waals surface area contributed by atoms with Crippen LogP contribution in [0.2, 0.25) is 0 Å². The minimum absolute atomic E-state index is 0.687. The van der Waals surface area contributed by atoms with Crippen molar-refractivity contribution in [3.8, 4) is 0 Å². The molecule has 0 atom stereocenters. The standard InChI is InChI=1S/C11H20O/c1-3-5-6-7-8-9-11-12-10-4-2/h3-4H,1-2,5-11H2. The zero-order chi connectivity index (χ0) is 9.07. The maximum Gasteiger partial charge on any atom is 0.0644 e. The highest BCUT2D eigenvalue weighted by molar-refractivity contribution is 4.65. The fourth-order valence-corrected chi connectivity index (χ4v) is 1.01. The molecule has 0 amide bonds. The molecule has 1 nitrogen and oxygen atoms in total. The molecule has 0 aliphatic heterocycles. The van der Waals surface area contributed by atoms with Gasteiger partial charge in [-0.05, 0) is 19.3 Å². The zero-order valence-corrected chi connectivity index (χ0v) is 7.93. The average molecular weight is 168 g/mol. The number of rotatable bonds is 9. The summed E-state index contributed by atoms with van der Waals surface area (Å²) in [6.07, 6.45) is 9.92. The van der Waals surface area contributed by atoms with Crippen molar-refractivity contribution in [2.24, 2.45) is 0 Å². The molecule has 0 aromatic heterocycles. The lowest BCUT2D eigenvalue weighted by Crippen LogP contribution is -1.93. The summed E-state index contributed by atoms with van der Waals surface area (Å²) in [6, 6.07) is 0. The molecule has 0 heterocycles. The first-order chi connectivity index (χ1) is 5.91. The first-order valence-corrected chi connectivity index (χ1v) is 4.71. The normalized spacial score (nSPS) is 9.67. The van der Waals surface area contributed by atoms with Gasteiger partial charge in [-0.1, -0.05) is 25.0 Å². The van der Waals surface area contributed by atoms with Gasteiger partial charge in [-0.15, -0.1) is 13.2 Å². The molecule has 0 unspecified atom stereocenters. The molecule has 0 N–H and O–H groups in total. The molecule has 0 saturated carbocycles. The van der Waals surface area contributed by atoms with Gasteiger partial charge < -0.3 is 4.74 Å². The molecule has 0 saturated heterocycles. The molecule has 70 valence electrons. The van der Waals surface area contributed by atoms with Crippen LogP contribution in [0.15, 0.2) is 25.3 Å². The summed E-state index contributed by atoms with van der Waals surface area (Å²) >= 11 is 0. The third-order valence-electron chi connectivity index (χ3n) is 1.68. The van der Waals surface area contributed by atoms with Crippen molar-refractivity contribution in [2.75, 3.05) is 13.2 Å². The van der Waals surface area contributed by atoms with E-state index in [4.69, 9.17) is 4.74 Å². The Balaban J connectivity index is 2.81. The van der Waals surface area contributed by atoms with E-state index in [-0.39, 0.29) is 0 Å².